The molecule has 33 heavy (non-hydrogen) atoms. The first kappa shape index (κ1) is 31.9. The number of hydrogen-bond acceptors (Lipinski definition) is 3. The fourth-order valence-corrected chi connectivity index (χ4v) is 4.42. The molecule has 4 heteroatoms. The lowest BCUT2D eigenvalue weighted by molar-refractivity contribution is -0.150. The van der Waals surface area contributed by atoms with E-state index in [1.165, 1.54) is 96.3 Å². The topological polar surface area (TPSA) is 63.6 Å². The van der Waals surface area contributed by atoms with Crippen molar-refractivity contribution in [2.24, 2.45) is 0 Å². The van der Waals surface area contributed by atoms with Crippen molar-refractivity contribution in [1.82, 2.24) is 0 Å². The smallest absolute Gasteiger partial charge is 0.306 e. The molecule has 0 saturated carbocycles. The van der Waals surface area contributed by atoms with Gasteiger partial charge in [0.05, 0.1) is 0 Å². The maximum atomic E-state index is 12.4. The predicted molar refractivity (Wildman–Crippen MR) is 140 cm³/mol. The second kappa shape index (κ2) is 25.6. The summed E-state index contributed by atoms with van der Waals surface area (Å²) in [6.07, 6.45) is 26.9. The summed E-state index contributed by atoms with van der Waals surface area (Å²) >= 11 is 0. The van der Waals surface area contributed by atoms with Gasteiger partial charge in [-0.1, -0.05) is 117 Å². The summed E-state index contributed by atoms with van der Waals surface area (Å²) in [6, 6.07) is 0. The number of carboxylic acids is 1. The summed E-state index contributed by atoms with van der Waals surface area (Å²) in [7, 11) is 0. The Bertz CT molecular complexity index is 435. The summed E-state index contributed by atoms with van der Waals surface area (Å²) in [5.74, 6) is -0.755. The molecule has 1 N–H and O–H groups in total. The molecule has 196 valence electrons. The van der Waals surface area contributed by atoms with Gasteiger partial charge in [0.25, 0.3) is 0 Å². The van der Waals surface area contributed by atoms with Crippen LogP contribution in [-0.2, 0) is 14.3 Å². The summed E-state index contributed by atoms with van der Waals surface area (Å²) in [5, 5.41) is 8.67. The van der Waals surface area contributed by atoms with Crippen molar-refractivity contribution in [1.29, 1.82) is 0 Å². The van der Waals surface area contributed by atoms with Gasteiger partial charge in [-0.15, -0.1) is 0 Å². The van der Waals surface area contributed by atoms with E-state index >= 15 is 0 Å². The van der Waals surface area contributed by atoms with Gasteiger partial charge >= 0.3 is 11.9 Å². The Morgan fingerprint density at radius 2 is 0.909 bits per heavy atom. The molecule has 0 aliphatic carbocycles. The van der Waals surface area contributed by atoms with Crippen molar-refractivity contribution in [3.8, 4) is 0 Å². The molecule has 0 fully saturated rings. The minimum atomic E-state index is -0.720. The van der Waals surface area contributed by atoms with Crippen LogP contribution in [0.4, 0.5) is 0 Å². The molecule has 0 radical (unpaired) electrons. The fourth-order valence-electron chi connectivity index (χ4n) is 4.42. The number of aliphatic carboxylic acids is 1. The van der Waals surface area contributed by atoms with Crippen molar-refractivity contribution >= 4 is 11.9 Å². The van der Waals surface area contributed by atoms with Crippen LogP contribution < -0.4 is 0 Å². The summed E-state index contributed by atoms with van der Waals surface area (Å²) < 4.78 is 5.89. The van der Waals surface area contributed by atoms with E-state index in [1.54, 1.807) is 0 Å². The average Bonchev–Trinajstić information content (AvgIpc) is 2.79. The molecule has 0 aromatic rings. The van der Waals surface area contributed by atoms with Gasteiger partial charge in [0, 0.05) is 12.8 Å². The Kier molecular flexibility index (Phi) is 24.7. The zero-order chi connectivity index (χ0) is 24.4. The molecule has 1 unspecified atom stereocenters. The van der Waals surface area contributed by atoms with Gasteiger partial charge in [0.1, 0.15) is 6.10 Å². The SMILES string of the molecule is CCCCCCCCCCCC(CCCCCCCC)OC(=O)CCCCCCCC(=O)O. The van der Waals surface area contributed by atoms with Crippen molar-refractivity contribution in [3.05, 3.63) is 0 Å². The van der Waals surface area contributed by atoms with Gasteiger partial charge in [0.15, 0.2) is 0 Å². The number of esters is 1. The van der Waals surface area contributed by atoms with Crippen LogP contribution in [0.1, 0.15) is 168 Å². The lowest BCUT2D eigenvalue weighted by atomic mass is 10.0. The summed E-state index contributed by atoms with van der Waals surface area (Å²) in [4.78, 5) is 22.9. The first-order chi connectivity index (χ1) is 16.1. The van der Waals surface area contributed by atoms with Gasteiger partial charge in [-0.25, -0.2) is 0 Å². The Morgan fingerprint density at radius 1 is 0.545 bits per heavy atom. The summed E-state index contributed by atoms with van der Waals surface area (Å²) in [6.45, 7) is 4.51. The molecule has 0 aromatic heterocycles. The van der Waals surface area contributed by atoms with Crippen LogP contribution in [0.25, 0.3) is 0 Å². The lowest BCUT2D eigenvalue weighted by Crippen LogP contribution is -2.18. The number of ether oxygens (including phenoxy) is 1. The van der Waals surface area contributed by atoms with Crippen molar-refractivity contribution in [3.63, 3.8) is 0 Å². The fraction of sp³-hybridized carbons (Fsp3) is 0.931. The first-order valence-corrected chi connectivity index (χ1v) is 14.5. The van der Waals surface area contributed by atoms with Crippen LogP contribution in [0.15, 0.2) is 0 Å². The predicted octanol–water partition coefficient (Wildman–Crippen LogP) is 9.39. The molecule has 0 bridgehead atoms. The normalized spacial score (nSPS) is 12.1. The summed E-state index contributed by atoms with van der Waals surface area (Å²) in [5.41, 5.74) is 0. The molecule has 0 rings (SSSR count). The van der Waals surface area contributed by atoms with Crippen molar-refractivity contribution in [2.45, 2.75) is 174 Å². The van der Waals surface area contributed by atoms with Gasteiger partial charge in [-0.05, 0) is 38.5 Å². The highest BCUT2D eigenvalue weighted by molar-refractivity contribution is 5.69. The number of hydrogen-bond donors (Lipinski definition) is 1. The number of carbonyl (C=O) groups is 2. The van der Waals surface area contributed by atoms with Crippen LogP contribution in [0.5, 0.6) is 0 Å². The third-order valence-corrected chi connectivity index (χ3v) is 6.58. The van der Waals surface area contributed by atoms with Crippen LogP contribution >= 0.6 is 0 Å². The Labute approximate surface area is 205 Å². The van der Waals surface area contributed by atoms with Gasteiger partial charge in [0.2, 0.25) is 0 Å². The first-order valence-electron chi connectivity index (χ1n) is 14.5. The van der Waals surface area contributed by atoms with E-state index in [-0.39, 0.29) is 18.5 Å². The van der Waals surface area contributed by atoms with Gasteiger partial charge in [-0.2, -0.15) is 0 Å². The average molecular weight is 469 g/mol. The van der Waals surface area contributed by atoms with Crippen molar-refractivity contribution in [2.75, 3.05) is 0 Å². The van der Waals surface area contributed by atoms with E-state index in [0.29, 0.717) is 6.42 Å². The number of carbonyl (C=O) groups excluding carboxylic acids is 1. The van der Waals surface area contributed by atoms with E-state index in [0.717, 1.165) is 44.9 Å². The molecular weight excluding hydrogens is 412 g/mol. The lowest BCUT2D eigenvalue weighted by Gasteiger charge is -2.18. The highest BCUT2D eigenvalue weighted by Gasteiger charge is 2.14. The highest BCUT2D eigenvalue weighted by atomic mass is 16.5. The third-order valence-electron chi connectivity index (χ3n) is 6.58. The monoisotopic (exact) mass is 468 g/mol. The van der Waals surface area contributed by atoms with E-state index < -0.39 is 5.97 Å². The molecule has 0 aliphatic heterocycles. The van der Waals surface area contributed by atoms with E-state index in [1.807, 2.05) is 0 Å². The van der Waals surface area contributed by atoms with Crippen LogP contribution in [0.3, 0.4) is 0 Å². The highest BCUT2D eigenvalue weighted by Crippen LogP contribution is 2.18. The van der Waals surface area contributed by atoms with Crippen molar-refractivity contribution < 1.29 is 19.4 Å². The van der Waals surface area contributed by atoms with Gasteiger partial charge in [-0.3, -0.25) is 9.59 Å². The van der Waals surface area contributed by atoms with Gasteiger partial charge < -0.3 is 9.84 Å². The maximum absolute atomic E-state index is 12.4. The number of carboxylic acid groups (broad SMARTS) is 1. The minimum absolute atomic E-state index is 0.0348. The minimum Gasteiger partial charge on any atom is -0.481 e. The maximum Gasteiger partial charge on any atom is 0.306 e. The molecule has 0 saturated heterocycles. The Balaban J connectivity index is 4.01. The van der Waals surface area contributed by atoms with Crippen LogP contribution in [0, 0.1) is 0 Å². The largest absolute Gasteiger partial charge is 0.481 e. The Morgan fingerprint density at radius 3 is 1.33 bits per heavy atom. The molecule has 0 heterocycles. The second-order valence-electron chi connectivity index (χ2n) is 9.95. The number of rotatable bonds is 26. The number of unbranched alkanes of at least 4 members (excludes halogenated alkanes) is 17. The zero-order valence-corrected chi connectivity index (χ0v) is 22.2. The van der Waals surface area contributed by atoms with Crippen LogP contribution in [-0.4, -0.2) is 23.1 Å². The molecule has 0 aliphatic rings. The molecule has 1 atom stereocenters. The standard InChI is InChI=1S/C29H56O4/c1-3-5-7-9-11-12-13-16-20-24-27(23-19-15-10-8-6-4-2)33-29(32)26-22-18-14-17-21-25-28(30)31/h27H,3-26H2,1-2H3,(H,30,31). The Hall–Kier alpha value is -1.06. The van der Waals surface area contributed by atoms with Crippen LogP contribution in [0.2, 0.25) is 0 Å². The zero-order valence-electron chi connectivity index (χ0n) is 22.2. The molecule has 4 nitrogen and oxygen atoms in total. The quantitative estimate of drug-likeness (QED) is 0.101. The van der Waals surface area contributed by atoms with E-state index in [2.05, 4.69) is 13.8 Å². The third kappa shape index (κ3) is 25.4. The second-order valence-corrected chi connectivity index (χ2v) is 9.95. The molecule has 0 amide bonds. The molecule has 0 aromatic carbocycles. The molecular formula is C29H56O4. The van der Waals surface area contributed by atoms with E-state index in [4.69, 9.17) is 9.84 Å². The molecule has 0 spiro atoms. The van der Waals surface area contributed by atoms with E-state index in [9.17, 15) is 9.59 Å².